The zero-order valence-electron chi connectivity index (χ0n) is 14.7. The monoisotopic (exact) mass is 327 g/mol. The molecule has 0 fully saturated rings. The summed E-state index contributed by atoms with van der Waals surface area (Å²) < 4.78 is 10.6. The fourth-order valence-electron chi connectivity index (χ4n) is 2.22. The highest BCUT2D eigenvalue weighted by atomic mass is 16.5. The fourth-order valence-corrected chi connectivity index (χ4v) is 2.22. The highest BCUT2D eigenvalue weighted by molar-refractivity contribution is 5.93. The van der Waals surface area contributed by atoms with Gasteiger partial charge in [-0.1, -0.05) is 29.8 Å². The van der Waals surface area contributed by atoms with E-state index in [1.165, 1.54) is 11.1 Å². The number of rotatable bonds is 6. The van der Waals surface area contributed by atoms with Crippen molar-refractivity contribution in [2.45, 2.75) is 20.4 Å². The summed E-state index contributed by atoms with van der Waals surface area (Å²) in [5.41, 5.74) is 3.31. The van der Waals surface area contributed by atoms with Crippen molar-refractivity contribution in [2.24, 2.45) is 4.99 Å². The van der Waals surface area contributed by atoms with Gasteiger partial charge in [-0.15, -0.1) is 0 Å². The maximum atomic E-state index is 5.33. The highest BCUT2D eigenvalue weighted by Gasteiger charge is 2.06. The lowest BCUT2D eigenvalue weighted by Crippen LogP contribution is -2.30. The average molecular weight is 327 g/mol. The van der Waals surface area contributed by atoms with E-state index in [9.17, 15) is 0 Å². The third-order valence-electron chi connectivity index (χ3n) is 3.53. The molecule has 128 valence electrons. The van der Waals surface area contributed by atoms with Crippen LogP contribution in [0, 0.1) is 6.92 Å². The number of aryl methyl sites for hydroxylation is 1. The Kier molecular flexibility index (Phi) is 6.49. The molecule has 0 aliphatic rings. The van der Waals surface area contributed by atoms with Crippen LogP contribution in [0.15, 0.2) is 47.5 Å². The Hall–Kier alpha value is -2.69. The lowest BCUT2D eigenvalue weighted by molar-refractivity contribution is 0.355. The maximum Gasteiger partial charge on any atom is 0.196 e. The summed E-state index contributed by atoms with van der Waals surface area (Å²) >= 11 is 0. The molecule has 0 spiro atoms. The van der Waals surface area contributed by atoms with Gasteiger partial charge >= 0.3 is 0 Å². The lowest BCUT2D eigenvalue weighted by atomic mass is 10.1. The number of methoxy groups -OCH3 is 2. The van der Waals surface area contributed by atoms with E-state index in [4.69, 9.17) is 9.47 Å². The van der Waals surface area contributed by atoms with Gasteiger partial charge in [-0.05, 0) is 31.5 Å². The molecule has 0 atom stereocenters. The Balaban J connectivity index is 2.12. The molecule has 0 radical (unpaired) electrons. The standard InChI is InChI=1S/C19H25N3O2/c1-5-20-19(21-13-15-8-6-14(2)7-9-15)22-16-10-11-17(23-3)18(12-16)24-4/h6-12H,5,13H2,1-4H3,(H2,20,21,22). The number of hydrogen-bond acceptors (Lipinski definition) is 3. The van der Waals surface area contributed by atoms with Crippen LogP contribution in [-0.2, 0) is 6.54 Å². The van der Waals surface area contributed by atoms with Gasteiger partial charge in [0.05, 0.1) is 20.8 Å². The van der Waals surface area contributed by atoms with E-state index in [0.29, 0.717) is 18.0 Å². The van der Waals surface area contributed by atoms with Crippen LogP contribution in [0.25, 0.3) is 0 Å². The normalized spacial score (nSPS) is 11.1. The molecule has 5 heteroatoms. The van der Waals surface area contributed by atoms with Crippen LogP contribution in [0.4, 0.5) is 5.69 Å². The predicted octanol–water partition coefficient (Wildman–Crippen LogP) is 3.59. The molecule has 0 aromatic heterocycles. The second kappa shape index (κ2) is 8.82. The first kappa shape index (κ1) is 17.7. The third kappa shape index (κ3) is 4.91. The molecule has 0 unspecified atom stereocenters. The number of nitrogens with zero attached hydrogens (tertiary/aromatic N) is 1. The van der Waals surface area contributed by atoms with Gasteiger partial charge in [0.25, 0.3) is 0 Å². The van der Waals surface area contributed by atoms with E-state index in [-0.39, 0.29) is 0 Å². The molecule has 0 aliphatic carbocycles. The van der Waals surface area contributed by atoms with Crippen molar-refractivity contribution in [3.63, 3.8) is 0 Å². The molecule has 0 saturated carbocycles. The smallest absolute Gasteiger partial charge is 0.196 e. The van der Waals surface area contributed by atoms with Crippen LogP contribution in [0.1, 0.15) is 18.1 Å². The zero-order valence-corrected chi connectivity index (χ0v) is 14.7. The van der Waals surface area contributed by atoms with Gasteiger partial charge in [-0.25, -0.2) is 4.99 Å². The van der Waals surface area contributed by atoms with Crippen LogP contribution < -0.4 is 20.1 Å². The Bertz CT molecular complexity index is 682. The number of guanidine groups is 1. The molecule has 0 saturated heterocycles. The van der Waals surface area contributed by atoms with Gasteiger partial charge in [0.1, 0.15) is 0 Å². The average Bonchev–Trinajstić information content (AvgIpc) is 2.61. The van der Waals surface area contributed by atoms with Crippen LogP contribution in [-0.4, -0.2) is 26.7 Å². The van der Waals surface area contributed by atoms with Gasteiger partial charge in [0.15, 0.2) is 17.5 Å². The summed E-state index contributed by atoms with van der Waals surface area (Å²) in [6.07, 6.45) is 0. The maximum absolute atomic E-state index is 5.33. The largest absolute Gasteiger partial charge is 0.493 e. The quantitative estimate of drug-likeness (QED) is 0.629. The van der Waals surface area contributed by atoms with E-state index in [2.05, 4.69) is 46.8 Å². The summed E-state index contributed by atoms with van der Waals surface area (Å²) in [6, 6.07) is 14.1. The van der Waals surface area contributed by atoms with Crippen molar-refractivity contribution in [3.05, 3.63) is 53.6 Å². The van der Waals surface area contributed by atoms with Gasteiger partial charge < -0.3 is 20.1 Å². The molecule has 2 aromatic rings. The van der Waals surface area contributed by atoms with E-state index in [0.717, 1.165) is 18.2 Å². The Morgan fingerprint density at radius 1 is 1.00 bits per heavy atom. The predicted molar refractivity (Wildman–Crippen MR) is 99.2 cm³/mol. The van der Waals surface area contributed by atoms with E-state index in [1.807, 2.05) is 25.1 Å². The molecule has 2 rings (SSSR count). The summed E-state index contributed by atoms with van der Waals surface area (Å²) in [7, 11) is 3.25. The molecule has 5 nitrogen and oxygen atoms in total. The minimum Gasteiger partial charge on any atom is -0.493 e. The van der Waals surface area contributed by atoms with Gasteiger partial charge in [0.2, 0.25) is 0 Å². The van der Waals surface area contributed by atoms with Crippen LogP contribution in [0.2, 0.25) is 0 Å². The SMILES string of the molecule is CCNC(=NCc1ccc(C)cc1)Nc1ccc(OC)c(OC)c1. The zero-order chi connectivity index (χ0) is 17.4. The summed E-state index contributed by atoms with van der Waals surface area (Å²) in [5, 5.41) is 6.54. The van der Waals surface area contributed by atoms with Crippen LogP contribution in [0.5, 0.6) is 11.5 Å². The molecule has 0 bridgehead atoms. The van der Waals surface area contributed by atoms with Crippen molar-refractivity contribution in [3.8, 4) is 11.5 Å². The molecule has 2 N–H and O–H groups in total. The van der Waals surface area contributed by atoms with Gasteiger partial charge in [-0.3, -0.25) is 0 Å². The topological polar surface area (TPSA) is 54.9 Å². The Labute approximate surface area is 143 Å². The second-order valence-corrected chi connectivity index (χ2v) is 5.38. The molecule has 0 aliphatic heterocycles. The number of ether oxygens (including phenoxy) is 2. The van der Waals surface area contributed by atoms with Crippen molar-refractivity contribution in [1.82, 2.24) is 5.32 Å². The third-order valence-corrected chi connectivity index (χ3v) is 3.53. The number of nitrogens with one attached hydrogen (secondary N) is 2. The lowest BCUT2D eigenvalue weighted by Gasteiger charge is -2.14. The molecule has 2 aromatic carbocycles. The number of benzene rings is 2. The van der Waals surface area contributed by atoms with Gasteiger partial charge in [0, 0.05) is 18.3 Å². The minimum absolute atomic E-state index is 0.614. The van der Waals surface area contributed by atoms with Crippen molar-refractivity contribution in [1.29, 1.82) is 0 Å². The number of aliphatic imine (C=N–C) groups is 1. The van der Waals surface area contributed by atoms with Crippen molar-refractivity contribution < 1.29 is 9.47 Å². The van der Waals surface area contributed by atoms with Crippen LogP contribution >= 0.6 is 0 Å². The first-order valence-electron chi connectivity index (χ1n) is 7.99. The molecular weight excluding hydrogens is 302 g/mol. The second-order valence-electron chi connectivity index (χ2n) is 5.38. The van der Waals surface area contributed by atoms with Crippen molar-refractivity contribution in [2.75, 3.05) is 26.1 Å². The highest BCUT2D eigenvalue weighted by Crippen LogP contribution is 2.29. The molecular formula is C19H25N3O2. The molecule has 0 amide bonds. The van der Waals surface area contributed by atoms with E-state index >= 15 is 0 Å². The summed E-state index contributed by atoms with van der Waals surface area (Å²) in [5.74, 6) is 2.10. The van der Waals surface area contributed by atoms with E-state index in [1.54, 1.807) is 14.2 Å². The number of anilines is 1. The van der Waals surface area contributed by atoms with Gasteiger partial charge in [-0.2, -0.15) is 0 Å². The molecule has 0 heterocycles. The minimum atomic E-state index is 0.614. The first-order valence-corrected chi connectivity index (χ1v) is 7.99. The number of hydrogen-bond donors (Lipinski definition) is 2. The Morgan fingerprint density at radius 2 is 1.71 bits per heavy atom. The Morgan fingerprint density at radius 3 is 2.33 bits per heavy atom. The molecule has 24 heavy (non-hydrogen) atoms. The first-order chi connectivity index (χ1) is 11.7. The van der Waals surface area contributed by atoms with Crippen molar-refractivity contribution >= 4 is 11.6 Å². The summed E-state index contributed by atoms with van der Waals surface area (Å²) in [4.78, 5) is 4.63. The van der Waals surface area contributed by atoms with Crippen LogP contribution in [0.3, 0.4) is 0 Å². The van der Waals surface area contributed by atoms with E-state index < -0.39 is 0 Å². The fraction of sp³-hybridized carbons (Fsp3) is 0.316. The summed E-state index contributed by atoms with van der Waals surface area (Å²) in [6.45, 7) is 5.52.